The van der Waals surface area contributed by atoms with Crippen molar-refractivity contribution >= 4 is 27.9 Å². The molecule has 3 aliphatic rings. The van der Waals surface area contributed by atoms with Crippen LogP contribution in [0, 0.1) is 0 Å². The fraction of sp³-hybridized carbons (Fsp3) is 0.625. The Balaban J connectivity index is 1.17. The van der Waals surface area contributed by atoms with E-state index in [0.29, 0.717) is 56.8 Å². The van der Waals surface area contributed by atoms with Crippen molar-refractivity contribution in [3.63, 3.8) is 0 Å². The molecule has 34 heavy (non-hydrogen) atoms. The second-order valence-electron chi connectivity index (χ2n) is 9.49. The predicted molar refractivity (Wildman–Crippen MR) is 126 cm³/mol. The van der Waals surface area contributed by atoms with E-state index in [9.17, 15) is 22.8 Å². The van der Waals surface area contributed by atoms with Gasteiger partial charge in [0.15, 0.2) is 0 Å². The Bertz CT molecular complexity index is 1010. The largest absolute Gasteiger partial charge is 0.356 e. The number of aryl methyl sites for hydroxylation is 1. The zero-order valence-corrected chi connectivity index (χ0v) is 20.4. The predicted octanol–water partition coefficient (Wildman–Crippen LogP) is 2.16. The fourth-order valence-corrected chi connectivity index (χ4v) is 6.61. The summed E-state index contributed by atoms with van der Waals surface area (Å²) in [7, 11) is -3.45. The lowest BCUT2D eigenvalue weighted by Gasteiger charge is -2.25. The van der Waals surface area contributed by atoms with Crippen LogP contribution in [-0.4, -0.2) is 67.2 Å². The maximum atomic E-state index is 12.7. The monoisotopic (exact) mass is 490 g/mol. The normalized spacial score (nSPS) is 20.6. The number of carbonyl (C=O) groups is 3. The summed E-state index contributed by atoms with van der Waals surface area (Å²) in [5, 5.41) is 5.69. The van der Waals surface area contributed by atoms with Crippen LogP contribution in [0.15, 0.2) is 29.2 Å². The van der Waals surface area contributed by atoms with E-state index in [1.165, 1.54) is 4.90 Å². The van der Waals surface area contributed by atoms with E-state index in [4.69, 9.17) is 0 Å². The van der Waals surface area contributed by atoms with Gasteiger partial charge in [0.25, 0.3) is 5.91 Å². The second kappa shape index (κ2) is 10.4. The average molecular weight is 491 g/mol. The summed E-state index contributed by atoms with van der Waals surface area (Å²) in [6.45, 7) is 1.82. The standard InChI is InChI=1S/C24H34N4O5S/c29-21(25-15-6-18-28-22(30)24(26-23(28)31)13-2-3-14-24)12-9-19-7-10-20(11-8-19)34(32,33)27-16-4-1-5-17-27/h7-8,10-11H,1-6,9,12-18H2,(H,25,29)(H,26,31). The van der Waals surface area contributed by atoms with Crippen LogP contribution in [-0.2, 0) is 26.0 Å². The molecule has 2 aliphatic heterocycles. The molecular formula is C24H34N4O5S. The van der Waals surface area contributed by atoms with Crippen molar-refractivity contribution in [2.24, 2.45) is 0 Å². The lowest BCUT2D eigenvalue weighted by atomic mass is 9.98. The van der Waals surface area contributed by atoms with Crippen LogP contribution in [0.2, 0.25) is 0 Å². The van der Waals surface area contributed by atoms with Gasteiger partial charge < -0.3 is 10.6 Å². The summed E-state index contributed by atoms with van der Waals surface area (Å²) in [6, 6.07) is 6.43. The highest BCUT2D eigenvalue weighted by molar-refractivity contribution is 7.89. The van der Waals surface area contributed by atoms with Gasteiger partial charge >= 0.3 is 6.03 Å². The first-order chi connectivity index (χ1) is 16.3. The van der Waals surface area contributed by atoms with Gasteiger partial charge in [-0.2, -0.15) is 4.31 Å². The third-order valence-corrected chi connectivity index (χ3v) is 9.01. The summed E-state index contributed by atoms with van der Waals surface area (Å²) >= 11 is 0. The van der Waals surface area contributed by atoms with Gasteiger partial charge in [0.1, 0.15) is 5.54 Å². The Hall–Kier alpha value is -2.46. The molecule has 1 aromatic rings. The molecule has 0 atom stereocenters. The van der Waals surface area contributed by atoms with Gasteiger partial charge in [0.2, 0.25) is 15.9 Å². The fourth-order valence-electron chi connectivity index (χ4n) is 5.09. The van der Waals surface area contributed by atoms with E-state index >= 15 is 0 Å². The molecule has 186 valence electrons. The number of imide groups is 1. The van der Waals surface area contributed by atoms with Crippen molar-refractivity contribution in [1.82, 2.24) is 19.8 Å². The minimum absolute atomic E-state index is 0.116. The minimum Gasteiger partial charge on any atom is -0.356 e. The van der Waals surface area contributed by atoms with Gasteiger partial charge in [-0.3, -0.25) is 14.5 Å². The smallest absolute Gasteiger partial charge is 0.325 e. The van der Waals surface area contributed by atoms with Crippen LogP contribution >= 0.6 is 0 Å². The van der Waals surface area contributed by atoms with E-state index < -0.39 is 15.6 Å². The quantitative estimate of drug-likeness (QED) is 0.407. The maximum Gasteiger partial charge on any atom is 0.325 e. The summed E-state index contributed by atoms with van der Waals surface area (Å²) < 4.78 is 27.0. The van der Waals surface area contributed by atoms with E-state index in [2.05, 4.69) is 10.6 Å². The molecule has 1 aliphatic carbocycles. The second-order valence-corrected chi connectivity index (χ2v) is 11.4. The lowest BCUT2D eigenvalue weighted by Crippen LogP contribution is -2.44. The summed E-state index contributed by atoms with van der Waals surface area (Å²) in [4.78, 5) is 38.6. The van der Waals surface area contributed by atoms with Gasteiger partial charge in [-0.05, 0) is 56.2 Å². The molecule has 0 aromatic heterocycles. The highest BCUT2D eigenvalue weighted by Crippen LogP contribution is 2.35. The topological polar surface area (TPSA) is 116 Å². The zero-order valence-electron chi connectivity index (χ0n) is 19.6. The number of sulfonamides is 1. The lowest BCUT2D eigenvalue weighted by molar-refractivity contribution is -0.131. The number of nitrogens with one attached hydrogen (secondary N) is 2. The molecule has 4 rings (SSSR count). The molecule has 2 heterocycles. The van der Waals surface area contributed by atoms with E-state index in [0.717, 1.165) is 37.7 Å². The van der Waals surface area contributed by atoms with Crippen LogP contribution in [0.5, 0.6) is 0 Å². The number of piperidine rings is 1. The van der Waals surface area contributed by atoms with Crippen LogP contribution in [0.4, 0.5) is 4.79 Å². The Morgan fingerprint density at radius 1 is 1.00 bits per heavy atom. The average Bonchev–Trinajstić information content (AvgIpc) is 3.41. The molecule has 0 bridgehead atoms. The first-order valence-electron chi connectivity index (χ1n) is 12.3. The van der Waals surface area contributed by atoms with E-state index in [-0.39, 0.29) is 24.3 Å². The van der Waals surface area contributed by atoms with Crippen LogP contribution in [0.25, 0.3) is 0 Å². The van der Waals surface area contributed by atoms with E-state index in [1.54, 1.807) is 28.6 Å². The maximum absolute atomic E-state index is 12.7. The minimum atomic E-state index is -3.45. The SMILES string of the molecule is O=C(CCc1ccc(S(=O)(=O)N2CCCCC2)cc1)NCCCN1C(=O)NC2(CCCC2)C1=O. The number of amides is 4. The molecule has 10 heteroatoms. The van der Waals surface area contributed by atoms with Crippen molar-refractivity contribution in [2.45, 2.75) is 74.6 Å². The number of hydrogen-bond donors (Lipinski definition) is 2. The number of urea groups is 1. The molecule has 0 radical (unpaired) electrons. The van der Waals surface area contributed by atoms with Gasteiger partial charge in [0, 0.05) is 32.6 Å². The number of hydrogen-bond acceptors (Lipinski definition) is 5. The molecule has 0 unspecified atom stereocenters. The Morgan fingerprint density at radius 2 is 1.68 bits per heavy atom. The third-order valence-electron chi connectivity index (χ3n) is 7.10. The molecule has 1 saturated carbocycles. The molecule has 2 N–H and O–H groups in total. The highest BCUT2D eigenvalue weighted by Gasteiger charge is 2.51. The van der Waals surface area contributed by atoms with E-state index in [1.807, 2.05) is 0 Å². The first kappa shape index (κ1) is 24.7. The summed E-state index contributed by atoms with van der Waals surface area (Å²) in [6.07, 6.45) is 7.47. The van der Waals surface area contributed by atoms with Gasteiger partial charge in [0.05, 0.1) is 4.90 Å². The third kappa shape index (κ3) is 5.27. The molecule has 3 fully saturated rings. The van der Waals surface area contributed by atoms with Crippen LogP contribution < -0.4 is 10.6 Å². The molecule has 4 amide bonds. The Morgan fingerprint density at radius 3 is 2.35 bits per heavy atom. The molecule has 1 aromatic carbocycles. The molecule has 1 spiro atoms. The highest BCUT2D eigenvalue weighted by atomic mass is 32.2. The van der Waals surface area contributed by atoms with Gasteiger partial charge in [-0.1, -0.05) is 31.4 Å². The van der Waals surface area contributed by atoms with Gasteiger partial charge in [-0.15, -0.1) is 0 Å². The molecular weight excluding hydrogens is 456 g/mol. The van der Waals surface area contributed by atoms with Crippen molar-refractivity contribution in [2.75, 3.05) is 26.2 Å². The van der Waals surface area contributed by atoms with Gasteiger partial charge in [-0.25, -0.2) is 13.2 Å². The van der Waals surface area contributed by atoms with Crippen LogP contribution in [0.1, 0.15) is 63.4 Å². The number of rotatable bonds is 9. The van der Waals surface area contributed by atoms with Crippen molar-refractivity contribution < 1.29 is 22.8 Å². The first-order valence-corrected chi connectivity index (χ1v) is 13.8. The number of carbonyl (C=O) groups excluding carboxylic acids is 3. The summed E-state index contributed by atoms with van der Waals surface area (Å²) in [5.41, 5.74) is 0.206. The van der Waals surface area contributed by atoms with Crippen LogP contribution in [0.3, 0.4) is 0 Å². The Kier molecular flexibility index (Phi) is 7.57. The zero-order chi connectivity index (χ0) is 24.2. The van der Waals surface area contributed by atoms with Crippen molar-refractivity contribution in [3.8, 4) is 0 Å². The number of benzene rings is 1. The van der Waals surface area contributed by atoms with Crippen molar-refractivity contribution in [3.05, 3.63) is 29.8 Å². The van der Waals surface area contributed by atoms with Crippen molar-refractivity contribution in [1.29, 1.82) is 0 Å². The molecule has 2 saturated heterocycles. The molecule has 9 nitrogen and oxygen atoms in total. The number of nitrogens with zero attached hydrogens (tertiary/aromatic N) is 2. The Labute approximate surface area is 201 Å². The summed E-state index contributed by atoms with van der Waals surface area (Å²) in [5.74, 6) is -0.249.